The molecule has 0 bridgehead atoms. The third kappa shape index (κ3) is 3.57. The van der Waals surface area contributed by atoms with E-state index in [1.165, 1.54) is 22.0 Å². The summed E-state index contributed by atoms with van der Waals surface area (Å²) in [5, 5.41) is 12.7. The highest BCUT2D eigenvalue weighted by Crippen LogP contribution is 2.17. The number of fused-ring (bicyclic) bond motifs is 1. The van der Waals surface area contributed by atoms with Crippen molar-refractivity contribution >= 4 is 17.5 Å². The van der Waals surface area contributed by atoms with Crippen molar-refractivity contribution < 1.29 is 9.59 Å². The first-order chi connectivity index (χ1) is 11.2. The van der Waals surface area contributed by atoms with Crippen molar-refractivity contribution in [1.29, 1.82) is 0 Å². The number of aromatic nitrogens is 2. The van der Waals surface area contributed by atoms with Crippen LogP contribution in [0.25, 0.3) is 0 Å². The van der Waals surface area contributed by atoms with E-state index in [1.807, 2.05) is 12.1 Å². The summed E-state index contributed by atoms with van der Waals surface area (Å²) in [4.78, 5) is 23.7. The average Bonchev–Trinajstić information content (AvgIpc) is 3.01. The molecule has 0 unspecified atom stereocenters. The van der Waals surface area contributed by atoms with Crippen LogP contribution in [0, 0.1) is 0 Å². The molecule has 0 spiro atoms. The normalized spacial score (nSPS) is 16.5. The van der Waals surface area contributed by atoms with Gasteiger partial charge in [-0.15, -0.1) is 0 Å². The molecule has 2 amide bonds. The van der Waals surface area contributed by atoms with Gasteiger partial charge in [0.2, 0.25) is 11.8 Å². The molecule has 3 N–H and O–H groups in total. The van der Waals surface area contributed by atoms with Crippen LogP contribution in [0.5, 0.6) is 0 Å². The maximum Gasteiger partial charge on any atom is 0.241 e. The van der Waals surface area contributed by atoms with Crippen LogP contribution in [0.1, 0.15) is 11.1 Å². The molecule has 23 heavy (non-hydrogen) atoms. The van der Waals surface area contributed by atoms with Gasteiger partial charge in [-0.2, -0.15) is 5.10 Å². The number of rotatable bonds is 4. The molecule has 7 heteroatoms. The fourth-order valence-corrected chi connectivity index (χ4v) is 2.61. The zero-order valence-electron chi connectivity index (χ0n) is 12.9. The molecule has 2 heterocycles. The van der Waals surface area contributed by atoms with Crippen molar-refractivity contribution in [2.45, 2.75) is 25.6 Å². The molecule has 1 aliphatic heterocycles. The Labute approximate surface area is 134 Å². The molecule has 1 aromatic carbocycles. The number of benzene rings is 1. The summed E-state index contributed by atoms with van der Waals surface area (Å²) in [6.07, 6.45) is 3.84. The van der Waals surface area contributed by atoms with Crippen LogP contribution >= 0.6 is 0 Å². The van der Waals surface area contributed by atoms with Crippen LogP contribution in [0.2, 0.25) is 0 Å². The fourth-order valence-electron chi connectivity index (χ4n) is 2.61. The summed E-state index contributed by atoms with van der Waals surface area (Å²) in [7, 11) is 1.57. The average molecular weight is 313 g/mol. The molecule has 2 aromatic rings. The van der Waals surface area contributed by atoms with Gasteiger partial charge < -0.3 is 16.0 Å². The lowest BCUT2D eigenvalue weighted by atomic mass is 9.95. The minimum absolute atomic E-state index is 0.0982. The van der Waals surface area contributed by atoms with Gasteiger partial charge in [0.25, 0.3) is 0 Å². The van der Waals surface area contributed by atoms with E-state index in [2.05, 4.69) is 33.2 Å². The molecule has 0 radical (unpaired) electrons. The van der Waals surface area contributed by atoms with Crippen molar-refractivity contribution in [2.24, 2.45) is 0 Å². The molecule has 7 nitrogen and oxygen atoms in total. The molecular weight excluding hydrogens is 294 g/mol. The largest absolute Gasteiger partial charge is 0.358 e. The second kappa shape index (κ2) is 6.62. The van der Waals surface area contributed by atoms with Crippen LogP contribution in [0.15, 0.2) is 36.7 Å². The van der Waals surface area contributed by atoms with E-state index in [-0.39, 0.29) is 24.4 Å². The zero-order valence-corrected chi connectivity index (χ0v) is 12.9. The maximum atomic E-state index is 12.4. The van der Waals surface area contributed by atoms with Crippen LogP contribution < -0.4 is 16.0 Å². The van der Waals surface area contributed by atoms with E-state index in [0.717, 1.165) is 0 Å². The van der Waals surface area contributed by atoms with Crippen LogP contribution in [0.4, 0.5) is 5.69 Å². The highest BCUT2D eigenvalue weighted by Gasteiger charge is 2.24. The van der Waals surface area contributed by atoms with E-state index in [9.17, 15) is 9.59 Å². The molecule has 0 aliphatic carbocycles. The Balaban J connectivity index is 1.61. The van der Waals surface area contributed by atoms with Gasteiger partial charge in [-0.1, -0.05) is 24.3 Å². The van der Waals surface area contributed by atoms with Gasteiger partial charge in [0, 0.05) is 19.8 Å². The quantitative estimate of drug-likeness (QED) is 0.757. The zero-order chi connectivity index (χ0) is 16.2. The lowest BCUT2D eigenvalue weighted by Gasteiger charge is -2.25. The molecule has 1 atom stereocenters. The number of nitrogens with one attached hydrogen (secondary N) is 3. The SMILES string of the molecule is CNC(=O)Cn1cc(NC(=O)[C@H]2Cc3ccccc3CN2)cn1. The summed E-state index contributed by atoms with van der Waals surface area (Å²) in [5.74, 6) is -0.240. The van der Waals surface area contributed by atoms with Crippen molar-refractivity contribution in [3.8, 4) is 0 Å². The number of carbonyl (C=O) groups excluding carboxylic acids is 2. The smallest absolute Gasteiger partial charge is 0.241 e. The number of likely N-dealkylation sites (N-methyl/N-ethyl adjacent to an activating group) is 1. The highest BCUT2D eigenvalue weighted by molar-refractivity contribution is 5.95. The number of carbonyl (C=O) groups is 2. The van der Waals surface area contributed by atoms with Gasteiger partial charge in [0.05, 0.1) is 17.9 Å². The first-order valence-corrected chi connectivity index (χ1v) is 7.50. The second-order valence-electron chi connectivity index (χ2n) is 5.50. The van der Waals surface area contributed by atoms with Crippen molar-refractivity contribution in [2.75, 3.05) is 12.4 Å². The Morgan fingerprint density at radius 3 is 2.91 bits per heavy atom. The Morgan fingerprint density at radius 2 is 2.13 bits per heavy atom. The number of amides is 2. The monoisotopic (exact) mass is 313 g/mol. The molecule has 1 aliphatic rings. The van der Waals surface area contributed by atoms with Gasteiger partial charge in [-0.3, -0.25) is 14.3 Å². The van der Waals surface area contributed by atoms with E-state index >= 15 is 0 Å². The Morgan fingerprint density at radius 1 is 1.35 bits per heavy atom. The van der Waals surface area contributed by atoms with Gasteiger partial charge in [0.15, 0.2) is 0 Å². The molecular formula is C16H19N5O2. The topological polar surface area (TPSA) is 88.0 Å². The first-order valence-electron chi connectivity index (χ1n) is 7.50. The van der Waals surface area contributed by atoms with Crippen molar-refractivity contribution in [1.82, 2.24) is 20.4 Å². The number of hydrogen-bond acceptors (Lipinski definition) is 4. The summed E-state index contributed by atoms with van der Waals surface area (Å²) < 4.78 is 1.48. The van der Waals surface area contributed by atoms with Crippen molar-refractivity contribution in [3.05, 3.63) is 47.8 Å². The molecule has 0 fully saturated rings. The van der Waals surface area contributed by atoms with E-state index in [0.29, 0.717) is 18.7 Å². The number of anilines is 1. The maximum absolute atomic E-state index is 12.4. The Hall–Kier alpha value is -2.67. The minimum atomic E-state index is -0.271. The van der Waals surface area contributed by atoms with Crippen LogP contribution in [0.3, 0.4) is 0 Å². The second-order valence-corrected chi connectivity index (χ2v) is 5.50. The predicted octanol–water partition coefficient (Wildman–Crippen LogP) is 0.282. The highest BCUT2D eigenvalue weighted by atomic mass is 16.2. The standard InChI is InChI=1S/C16H19N5O2/c1-17-15(22)10-21-9-13(8-19-21)20-16(23)14-6-11-4-2-3-5-12(11)7-18-14/h2-5,8-9,14,18H,6-7,10H2,1H3,(H,17,22)(H,20,23)/t14-/m1/s1. The number of nitrogens with zero attached hydrogens (tertiary/aromatic N) is 2. The van der Waals surface area contributed by atoms with Gasteiger partial charge >= 0.3 is 0 Å². The third-order valence-electron chi connectivity index (χ3n) is 3.88. The molecule has 1 aromatic heterocycles. The number of hydrogen-bond donors (Lipinski definition) is 3. The summed E-state index contributed by atoms with van der Waals surface area (Å²) in [6, 6.07) is 7.84. The van der Waals surface area contributed by atoms with Gasteiger partial charge in [-0.05, 0) is 17.5 Å². The summed E-state index contributed by atoms with van der Waals surface area (Å²) >= 11 is 0. The van der Waals surface area contributed by atoms with Crippen LogP contribution in [-0.4, -0.2) is 34.7 Å². The summed E-state index contributed by atoms with van der Waals surface area (Å²) in [6.45, 7) is 0.811. The van der Waals surface area contributed by atoms with Crippen LogP contribution in [-0.2, 0) is 29.1 Å². The lowest BCUT2D eigenvalue weighted by molar-refractivity contribution is -0.121. The van der Waals surface area contributed by atoms with E-state index < -0.39 is 0 Å². The molecule has 0 saturated heterocycles. The molecule has 0 saturated carbocycles. The first kappa shape index (κ1) is 15.2. The minimum Gasteiger partial charge on any atom is -0.358 e. The fraction of sp³-hybridized carbons (Fsp3) is 0.312. The Bertz CT molecular complexity index is 725. The Kier molecular flexibility index (Phi) is 4.38. The third-order valence-corrected chi connectivity index (χ3v) is 3.88. The molecule has 3 rings (SSSR count). The van der Waals surface area contributed by atoms with E-state index in [1.54, 1.807) is 13.2 Å². The lowest BCUT2D eigenvalue weighted by Crippen LogP contribution is -2.44. The van der Waals surface area contributed by atoms with E-state index in [4.69, 9.17) is 0 Å². The van der Waals surface area contributed by atoms with Crippen molar-refractivity contribution in [3.63, 3.8) is 0 Å². The van der Waals surface area contributed by atoms with Gasteiger partial charge in [0.1, 0.15) is 6.54 Å². The predicted molar refractivity (Wildman–Crippen MR) is 85.7 cm³/mol. The summed E-state index contributed by atoms with van der Waals surface area (Å²) in [5.41, 5.74) is 3.01. The molecule has 120 valence electrons. The van der Waals surface area contributed by atoms with Gasteiger partial charge in [-0.25, -0.2) is 0 Å².